The maximum absolute atomic E-state index is 3.62. The SMILES string of the molecule is Ic1ccccc1N[C@@H]1CCCSC1. The molecule has 1 aliphatic rings. The Labute approximate surface area is 103 Å². The van der Waals surface area contributed by atoms with Crippen LogP contribution in [0, 0.1) is 3.57 Å². The number of hydrogen-bond donors (Lipinski definition) is 1. The minimum atomic E-state index is 0.671. The molecule has 0 aliphatic carbocycles. The normalized spacial score (nSPS) is 21.9. The lowest BCUT2D eigenvalue weighted by Gasteiger charge is -2.24. The second-order valence-electron chi connectivity index (χ2n) is 3.54. The van der Waals surface area contributed by atoms with Crippen molar-refractivity contribution in [3.8, 4) is 0 Å². The second-order valence-corrected chi connectivity index (χ2v) is 5.85. The molecule has 1 aliphatic heterocycles. The Kier molecular flexibility index (Phi) is 3.99. The molecule has 0 bridgehead atoms. The van der Waals surface area contributed by atoms with E-state index in [1.165, 1.54) is 33.6 Å². The molecule has 0 radical (unpaired) electrons. The Morgan fingerprint density at radius 2 is 2.21 bits per heavy atom. The van der Waals surface area contributed by atoms with E-state index >= 15 is 0 Å². The predicted molar refractivity (Wildman–Crippen MR) is 73.1 cm³/mol. The molecule has 76 valence electrons. The zero-order valence-corrected chi connectivity index (χ0v) is 11.0. The zero-order chi connectivity index (χ0) is 9.80. The number of halogens is 1. The first-order chi connectivity index (χ1) is 6.86. The van der Waals surface area contributed by atoms with Gasteiger partial charge in [-0.3, -0.25) is 0 Å². The fourth-order valence-corrected chi connectivity index (χ4v) is 3.27. The van der Waals surface area contributed by atoms with Crippen LogP contribution in [0.5, 0.6) is 0 Å². The van der Waals surface area contributed by atoms with Gasteiger partial charge in [0.2, 0.25) is 0 Å². The summed E-state index contributed by atoms with van der Waals surface area (Å²) in [5.41, 5.74) is 1.29. The fraction of sp³-hybridized carbons (Fsp3) is 0.455. The molecular formula is C11H14INS. The third kappa shape index (κ3) is 2.79. The average molecular weight is 319 g/mol. The Morgan fingerprint density at radius 3 is 2.93 bits per heavy atom. The molecule has 2 rings (SSSR count). The maximum Gasteiger partial charge on any atom is 0.0478 e. The number of para-hydroxylation sites is 1. The van der Waals surface area contributed by atoms with Crippen LogP contribution < -0.4 is 5.32 Å². The van der Waals surface area contributed by atoms with Crippen molar-refractivity contribution >= 4 is 40.0 Å². The minimum Gasteiger partial charge on any atom is -0.381 e. The number of nitrogens with one attached hydrogen (secondary N) is 1. The molecule has 0 saturated carbocycles. The second kappa shape index (κ2) is 5.26. The van der Waals surface area contributed by atoms with E-state index in [1.54, 1.807) is 0 Å². The smallest absolute Gasteiger partial charge is 0.0478 e. The molecule has 0 amide bonds. The van der Waals surface area contributed by atoms with Crippen molar-refractivity contribution in [3.05, 3.63) is 27.8 Å². The number of thioether (sulfide) groups is 1. The summed E-state index contributed by atoms with van der Waals surface area (Å²) >= 11 is 4.45. The summed E-state index contributed by atoms with van der Waals surface area (Å²) in [6.07, 6.45) is 2.67. The quantitative estimate of drug-likeness (QED) is 0.836. The largest absolute Gasteiger partial charge is 0.381 e. The third-order valence-electron chi connectivity index (χ3n) is 2.39. The van der Waals surface area contributed by atoms with Gasteiger partial charge in [-0.1, -0.05) is 12.1 Å². The molecule has 1 heterocycles. The van der Waals surface area contributed by atoms with Crippen LogP contribution in [0.1, 0.15) is 12.8 Å². The van der Waals surface area contributed by atoms with Crippen LogP contribution in [0.4, 0.5) is 5.69 Å². The molecule has 0 aromatic heterocycles. The average Bonchev–Trinajstić information content (AvgIpc) is 2.23. The molecule has 3 heteroatoms. The van der Waals surface area contributed by atoms with Gasteiger partial charge in [0, 0.05) is 21.1 Å². The monoisotopic (exact) mass is 319 g/mol. The van der Waals surface area contributed by atoms with Crippen LogP contribution in [0.25, 0.3) is 0 Å². The molecule has 0 spiro atoms. The van der Waals surface area contributed by atoms with Crippen LogP contribution in [0.2, 0.25) is 0 Å². The first-order valence-corrected chi connectivity index (χ1v) is 7.18. The van der Waals surface area contributed by atoms with Crippen LogP contribution in [0.3, 0.4) is 0 Å². The number of rotatable bonds is 2. The molecule has 0 unspecified atom stereocenters. The van der Waals surface area contributed by atoms with E-state index in [-0.39, 0.29) is 0 Å². The van der Waals surface area contributed by atoms with Crippen LogP contribution in [-0.4, -0.2) is 17.5 Å². The highest BCUT2D eigenvalue weighted by Gasteiger charge is 2.13. The van der Waals surface area contributed by atoms with E-state index in [2.05, 4.69) is 63.9 Å². The van der Waals surface area contributed by atoms with Gasteiger partial charge in [0.1, 0.15) is 0 Å². The van der Waals surface area contributed by atoms with Gasteiger partial charge in [-0.25, -0.2) is 0 Å². The van der Waals surface area contributed by atoms with E-state index in [1.807, 2.05) is 0 Å². The van der Waals surface area contributed by atoms with E-state index in [4.69, 9.17) is 0 Å². The summed E-state index contributed by atoms with van der Waals surface area (Å²) in [4.78, 5) is 0. The van der Waals surface area contributed by atoms with E-state index < -0.39 is 0 Å². The van der Waals surface area contributed by atoms with E-state index in [0.29, 0.717) is 6.04 Å². The Morgan fingerprint density at radius 1 is 1.36 bits per heavy atom. The van der Waals surface area contributed by atoms with Gasteiger partial charge in [0.25, 0.3) is 0 Å². The van der Waals surface area contributed by atoms with Gasteiger partial charge in [-0.15, -0.1) is 0 Å². The molecule has 1 saturated heterocycles. The summed E-state index contributed by atoms with van der Waals surface area (Å²) in [5, 5.41) is 3.62. The highest BCUT2D eigenvalue weighted by molar-refractivity contribution is 14.1. The summed E-state index contributed by atoms with van der Waals surface area (Å²) in [7, 11) is 0. The highest BCUT2D eigenvalue weighted by Crippen LogP contribution is 2.23. The lowest BCUT2D eigenvalue weighted by atomic mass is 10.2. The molecule has 1 atom stereocenters. The lowest BCUT2D eigenvalue weighted by Crippen LogP contribution is -2.26. The first-order valence-electron chi connectivity index (χ1n) is 4.95. The molecule has 1 aromatic carbocycles. The zero-order valence-electron chi connectivity index (χ0n) is 8.00. The van der Waals surface area contributed by atoms with Crippen molar-refractivity contribution in [2.24, 2.45) is 0 Å². The number of hydrogen-bond acceptors (Lipinski definition) is 2. The summed E-state index contributed by atoms with van der Waals surface area (Å²) in [6, 6.07) is 9.17. The summed E-state index contributed by atoms with van der Waals surface area (Å²) < 4.78 is 1.32. The predicted octanol–water partition coefficient (Wildman–Crippen LogP) is 3.60. The van der Waals surface area contributed by atoms with Gasteiger partial charge in [-0.05, 0) is 53.3 Å². The third-order valence-corrected chi connectivity index (χ3v) is 4.55. The van der Waals surface area contributed by atoms with Gasteiger partial charge in [-0.2, -0.15) is 11.8 Å². The molecular weight excluding hydrogens is 305 g/mol. The van der Waals surface area contributed by atoms with Crippen molar-refractivity contribution in [3.63, 3.8) is 0 Å². The number of anilines is 1. The minimum absolute atomic E-state index is 0.671. The Bertz CT molecular complexity index is 297. The van der Waals surface area contributed by atoms with Gasteiger partial charge in [0.15, 0.2) is 0 Å². The Balaban J connectivity index is 1.99. The number of benzene rings is 1. The first kappa shape index (κ1) is 10.6. The molecule has 14 heavy (non-hydrogen) atoms. The fourth-order valence-electron chi connectivity index (χ4n) is 1.65. The molecule has 1 N–H and O–H groups in total. The highest BCUT2D eigenvalue weighted by atomic mass is 127. The molecule has 1 fully saturated rings. The molecule has 1 aromatic rings. The summed E-state index contributed by atoms with van der Waals surface area (Å²) in [5.74, 6) is 2.59. The van der Waals surface area contributed by atoms with Crippen molar-refractivity contribution in [2.75, 3.05) is 16.8 Å². The van der Waals surface area contributed by atoms with E-state index in [0.717, 1.165) is 0 Å². The van der Waals surface area contributed by atoms with Gasteiger partial charge < -0.3 is 5.32 Å². The van der Waals surface area contributed by atoms with Gasteiger partial charge >= 0.3 is 0 Å². The van der Waals surface area contributed by atoms with E-state index in [9.17, 15) is 0 Å². The standard InChI is InChI=1S/C11H14INS/c12-10-5-1-2-6-11(10)13-9-4-3-7-14-8-9/h1-2,5-6,9,13H,3-4,7-8H2/t9-/m1/s1. The maximum atomic E-state index is 3.62. The molecule has 1 nitrogen and oxygen atoms in total. The van der Waals surface area contributed by atoms with Crippen LogP contribution in [-0.2, 0) is 0 Å². The Hall–Kier alpha value is 0.1000. The van der Waals surface area contributed by atoms with Crippen molar-refractivity contribution < 1.29 is 0 Å². The topological polar surface area (TPSA) is 12.0 Å². The van der Waals surface area contributed by atoms with Gasteiger partial charge in [0.05, 0.1) is 0 Å². The summed E-state index contributed by atoms with van der Waals surface area (Å²) in [6.45, 7) is 0. The van der Waals surface area contributed by atoms with Crippen LogP contribution >= 0.6 is 34.4 Å². The lowest BCUT2D eigenvalue weighted by molar-refractivity contribution is 0.685. The van der Waals surface area contributed by atoms with Crippen molar-refractivity contribution in [1.82, 2.24) is 0 Å². The van der Waals surface area contributed by atoms with Crippen molar-refractivity contribution in [1.29, 1.82) is 0 Å². The van der Waals surface area contributed by atoms with Crippen LogP contribution in [0.15, 0.2) is 24.3 Å². The van der Waals surface area contributed by atoms with Crippen molar-refractivity contribution in [2.45, 2.75) is 18.9 Å².